The van der Waals surface area contributed by atoms with Crippen LogP contribution in [-0.2, 0) is 4.74 Å². The molecule has 1 aromatic carbocycles. The lowest BCUT2D eigenvalue weighted by Crippen LogP contribution is -2.31. The molecule has 1 atom stereocenters. The quantitative estimate of drug-likeness (QED) is 0.943. The molecule has 120 valence electrons. The molecule has 0 bridgehead atoms. The molecule has 1 aromatic heterocycles. The highest BCUT2D eigenvalue weighted by Crippen LogP contribution is 2.22. The van der Waals surface area contributed by atoms with Gasteiger partial charge in [0.2, 0.25) is 0 Å². The summed E-state index contributed by atoms with van der Waals surface area (Å²) >= 11 is 0. The molecule has 0 saturated carbocycles. The Morgan fingerprint density at radius 1 is 1.22 bits per heavy atom. The molecular weight excluding hydrogens is 288 g/mol. The van der Waals surface area contributed by atoms with E-state index in [-0.39, 0.29) is 12.0 Å². The van der Waals surface area contributed by atoms with E-state index >= 15 is 0 Å². The molecule has 1 fully saturated rings. The van der Waals surface area contributed by atoms with Gasteiger partial charge in [-0.15, -0.1) is 0 Å². The summed E-state index contributed by atoms with van der Waals surface area (Å²) in [6.07, 6.45) is 2.28. The third kappa shape index (κ3) is 3.77. The van der Waals surface area contributed by atoms with E-state index in [1.807, 2.05) is 44.2 Å². The molecule has 1 N–H and O–H groups in total. The van der Waals surface area contributed by atoms with Gasteiger partial charge in [0.25, 0.3) is 5.91 Å². The van der Waals surface area contributed by atoms with Crippen LogP contribution in [0.1, 0.15) is 34.6 Å². The van der Waals surface area contributed by atoms with Crippen molar-refractivity contribution >= 4 is 5.91 Å². The van der Waals surface area contributed by atoms with Crippen molar-refractivity contribution in [2.24, 2.45) is 0 Å². The van der Waals surface area contributed by atoms with Crippen LogP contribution in [0, 0.1) is 13.8 Å². The molecule has 4 nitrogen and oxygen atoms in total. The highest BCUT2D eigenvalue weighted by atomic mass is 16.5. The monoisotopic (exact) mass is 310 g/mol. The minimum atomic E-state index is -0.0502. The number of hydrogen-bond acceptors (Lipinski definition) is 3. The Kier molecular flexibility index (Phi) is 4.72. The van der Waals surface area contributed by atoms with Gasteiger partial charge in [-0.25, -0.2) is 0 Å². The molecule has 1 aliphatic heterocycles. The van der Waals surface area contributed by atoms with Crippen molar-refractivity contribution in [1.82, 2.24) is 10.3 Å². The second kappa shape index (κ2) is 6.92. The van der Waals surface area contributed by atoms with Crippen LogP contribution in [0.4, 0.5) is 0 Å². The van der Waals surface area contributed by atoms with Crippen LogP contribution in [0.15, 0.2) is 36.4 Å². The first-order valence-corrected chi connectivity index (χ1v) is 8.08. The number of carbonyl (C=O) groups excluding carboxylic acids is 1. The maximum Gasteiger partial charge on any atom is 0.251 e. The van der Waals surface area contributed by atoms with Gasteiger partial charge in [-0.05, 0) is 50.5 Å². The predicted molar refractivity (Wildman–Crippen MR) is 90.5 cm³/mol. The lowest BCUT2D eigenvalue weighted by molar-refractivity contribution is 0.0858. The van der Waals surface area contributed by atoms with Gasteiger partial charge in [-0.1, -0.05) is 18.2 Å². The Labute approximate surface area is 136 Å². The zero-order valence-electron chi connectivity index (χ0n) is 13.6. The third-order valence-electron chi connectivity index (χ3n) is 4.20. The lowest BCUT2D eigenvalue weighted by Gasteiger charge is -2.11. The number of hydrogen-bond donors (Lipinski definition) is 1. The standard InChI is InChI=1S/C19H22N2O2/c1-13-5-10-18(14(2)21-13)15-6-8-16(9-7-15)19(22)20-12-17-4-3-11-23-17/h5-10,17H,3-4,11-12H2,1-2H3,(H,20,22). The average molecular weight is 310 g/mol. The Bertz CT molecular complexity index is 689. The molecule has 23 heavy (non-hydrogen) atoms. The van der Waals surface area contributed by atoms with Crippen LogP contribution >= 0.6 is 0 Å². The van der Waals surface area contributed by atoms with Crippen molar-refractivity contribution in [3.8, 4) is 11.1 Å². The van der Waals surface area contributed by atoms with E-state index in [2.05, 4.69) is 16.4 Å². The van der Waals surface area contributed by atoms with E-state index in [0.717, 1.165) is 42.0 Å². The fraction of sp³-hybridized carbons (Fsp3) is 0.368. The second-order valence-corrected chi connectivity index (χ2v) is 6.01. The fourth-order valence-electron chi connectivity index (χ4n) is 2.91. The topological polar surface area (TPSA) is 51.2 Å². The van der Waals surface area contributed by atoms with E-state index in [1.54, 1.807) is 0 Å². The number of amides is 1. The third-order valence-corrected chi connectivity index (χ3v) is 4.20. The summed E-state index contributed by atoms with van der Waals surface area (Å²) in [7, 11) is 0. The summed E-state index contributed by atoms with van der Waals surface area (Å²) in [5.41, 5.74) is 4.86. The molecular formula is C19H22N2O2. The van der Waals surface area contributed by atoms with Crippen LogP contribution < -0.4 is 5.32 Å². The summed E-state index contributed by atoms with van der Waals surface area (Å²) in [5.74, 6) is -0.0502. The molecule has 3 rings (SSSR count). The molecule has 0 radical (unpaired) electrons. The van der Waals surface area contributed by atoms with E-state index in [1.165, 1.54) is 0 Å². The van der Waals surface area contributed by atoms with Crippen molar-refractivity contribution in [2.75, 3.05) is 13.2 Å². The van der Waals surface area contributed by atoms with Crippen LogP contribution in [-0.4, -0.2) is 30.1 Å². The number of carbonyl (C=O) groups is 1. The first-order chi connectivity index (χ1) is 11.1. The number of nitrogens with zero attached hydrogens (tertiary/aromatic N) is 1. The first kappa shape index (κ1) is 15.7. The van der Waals surface area contributed by atoms with Crippen molar-refractivity contribution in [2.45, 2.75) is 32.8 Å². The summed E-state index contributed by atoms with van der Waals surface area (Å²) < 4.78 is 5.52. The molecule has 2 heterocycles. The van der Waals surface area contributed by atoms with Crippen molar-refractivity contribution in [1.29, 1.82) is 0 Å². The summed E-state index contributed by atoms with van der Waals surface area (Å²) in [6.45, 7) is 5.38. The molecule has 0 spiro atoms. The maximum atomic E-state index is 12.2. The minimum absolute atomic E-state index is 0.0502. The zero-order valence-corrected chi connectivity index (χ0v) is 13.6. The fourth-order valence-corrected chi connectivity index (χ4v) is 2.91. The number of aromatic nitrogens is 1. The van der Waals surface area contributed by atoms with Gasteiger partial charge in [-0.2, -0.15) is 0 Å². The van der Waals surface area contributed by atoms with Crippen molar-refractivity contribution in [3.05, 3.63) is 53.3 Å². The van der Waals surface area contributed by atoms with E-state index < -0.39 is 0 Å². The molecule has 1 unspecified atom stereocenters. The van der Waals surface area contributed by atoms with E-state index in [0.29, 0.717) is 12.1 Å². The summed E-state index contributed by atoms with van der Waals surface area (Å²) in [4.78, 5) is 16.7. The molecule has 2 aromatic rings. The Morgan fingerprint density at radius 3 is 2.65 bits per heavy atom. The van der Waals surface area contributed by atoms with Gasteiger partial charge in [0.05, 0.1) is 6.10 Å². The van der Waals surface area contributed by atoms with Gasteiger partial charge in [0, 0.05) is 35.7 Å². The van der Waals surface area contributed by atoms with E-state index in [4.69, 9.17) is 4.74 Å². The largest absolute Gasteiger partial charge is 0.376 e. The molecule has 1 amide bonds. The number of nitrogens with one attached hydrogen (secondary N) is 1. The molecule has 4 heteroatoms. The molecule has 0 aliphatic carbocycles. The Hall–Kier alpha value is -2.20. The minimum Gasteiger partial charge on any atom is -0.376 e. The predicted octanol–water partition coefficient (Wildman–Crippen LogP) is 3.27. The number of benzene rings is 1. The first-order valence-electron chi connectivity index (χ1n) is 8.08. The van der Waals surface area contributed by atoms with Crippen LogP contribution in [0.2, 0.25) is 0 Å². The SMILES string of the molecule is Cc1ccc(-c2ccc(C(=O)NCC3CCCO3)cc2)c(C)n1. The van der Waals surface area contributed by atoms with Crippen LogP contribution in [0.3, 0.4) is 0 Å². The molecule has 1 saturated heterocycles. The number of aryl methyl sites for hydroxylation is 2. The van der Waals surface area contributed by atoms with Crippen molar-refractivity contribution < 1.29 is 9.53 Å². The number of rotatable bonds is 4. The highest BCUT2D eigenvalue weighted by molar-refractivity contribution is 5.94. The smallest absolute Gasteiger partial charge is 0.251 e. The zero-order chi connectivity index (χ0) is 16.2. The van der Waals surface area contributed by atoms with E-state index in [9.17, 15) is 4.79 Å². The molecule has 1 aliphatic rings. The Morgan fingerprint density at radius 2 is 2.00 bits per heavy atom. The summed E-state index contributed by atoms with van der Waals surface area (Å²) in [6, 6.07) is 11.7. The van der Waals surface area contributed by atoms with Gasteiger partial charge >= 0.3 is 0 Å². The number of ether oxygens (including phenoxy) is 1. The van der Waals surface area contributed by atoms with Crippen LogP contribution in [0.5, 0.6) is 0 Å². The summed E-state index contributed by atoms with van der Waals surface area (Å²) in [5, 5.41) is 2.94. The highest BCUT2D eigenvalue weighted by Gasteiger charge is 2.16. The van der Waals surface area contributed by atoms with Gasteiger partial charge in [0.15, 0.2) is 0 Å². The van der Waals surface area contributed by atoms with Crippen LogP contribution in [0.25, 0.3) is 11.1 Å². The lowest BCUT2D eigenvalue weighted by atomic mass is 10.0. The van der Waals surface area contributed by atoms with Gasteiger partial charge in [0.1, 0.15) is 0 Å². The maximum absolute atomic E-state index is 12.2. The van der Waals surface area contributed by atoms with Gasteiger partial charge < -0.3 is 10.1 Å². The second-order valence-electron chi connectivity index (χ2n) is 6.01. The Balaban J connectivity index is 1.67. The average Bonchev–Trinajstić information content (AvgIpc) is 3.06. The van der Waals surface area contributed by atoms with Crippen molar-refractivity contribution in [3.63, 3.8) is 0 Å². The van der Waals surface area contributed by atoms with Gasteiger partial charge in [-0.3, -0.25) is 9.78 Å². The number of pyridine rings is 1. The normalized spacial score (nSPS) is 17.2.